The first-order valence-electron chi connectivity index (χ1n) is 7.74. The molecule has 3 aromatic heterocycles. The maximum absolute atomic E-state index is 13.4. The minimum absolute atomic E-state index is 0.288. The summed E-state index contributed by atoms with van der Waals surface area (Å²) in [5.41, 5.74) is 1.48. The molecule has 4 heterocycles. The number of hydrogen-bond acceptors (Lipinski definition) is 5. The quantitative estimate of drug-likeness (QED) is 0.568. The third-order valence-corrected chi connectivity index (χ3v) is 4.46. The van der Waals surface area contributed by atoms with Crippen molar-refractivity contribution in [1.82, 2.24) is 24.6 Å². The Balaban J connectivity index is 1.46. The van der Waals surface area contributed by atoms with Gasteiger partial charge in [-0.05, 0) is 24.3 Å². The van der Waals surface area contributed by atoms with E-state index in [1.54, 1.807) is 6.07 Å². The molecule has 1 aliphatic heterocycles. The fraction of sp³-hybridized carbons (Fsp3) is 0.176. The molecule has 0 amide bonds. The summed E-state index contributed by atoms with van der Waals surface area (Å²) in [4.78, 5) is 10.7. The van der Waals surface area contributed by atoms with E-state index in [4.69, 9.17) is 0 Å². The summed E-state index contributed by atoms with van der Waals surface area (Å²) in [7, 11) is 0. The van der Waals surface area contributed by atoms with Gasteiger partial charge in [0.1, 0.15) is 23.8 Å². The molecular weight excluding hydrogens is 307 g/mol. The van der Waals surface area contributed by atoms with Gasteiger partial charge in [-0.25, -0.2) is 14.4 Å². The molecule has 5 rings (SSSR count). The van der Waals surface area contributed by atoms with Crippen LogP contribution in [-0.4, -0.2) is 37.7 Å². The molecule has 0 atom stereocenters. The summed E-state index contributed by atoms with van der Waals surface area (Å²) in [6.07, 6.45) is 3.47. The lowest BCUT2D eigenvalue weighted by atomic mass is 9.98. The molecule has 24 heavy (non-hydrogen) atoms. The third kappa shape index (κ3) is 1.94. The molecule has 1 fully saturated rings. The van der Waals surface area contributed by atoms with Gasteiger partial charge < -0.3 is 4.90 Å². The highest BCUT2D eigenvalue weighted by molar-refractivity contribution is 5.89. The van der Waals surface area contributed by atoms with Crippen LogP contribution in [0.3, 0.4) is 0 Å². The molecule has 1 aromatic carbocycles. The second kappa shape index (κ2) is 4.95. The number of anilines is 1. The number of halogens is 1. The first kappa shape index (κ1) is 13.4. The van der Waals surface area contributed by atoms with Crippen LogP contribution in [-0.2, 0) is 0 Å². The van der Waals surface area contributed by atoms with Gasteiger partial charge in [-0.15, -0.1) is 10.2 Å². The Hall–Kier alpha value is -3.09. The summed E-state index contributed by atoms with van der Waals surface area (Å²) < 4.78 is 15.4. The fourth-order valence-corrected chi connectivity index (χ4v) is 3.22. The largest absolute Gasteiger partial charge is 0.354 e. The van der Waals surface area contributed by atoms with E-state index in [2.05, 4.69) is 25.1 Å². The number of fused-ring (bicyclic) bond motifs is 2. The number of benzene rings is 1. The molecule has 6 nitrogen and oxygen atoms in total. The van der Waals surface area contributed by atoms with Gasteiger partial charge in [0.15, 0.2) is 5.65 Å². The Morgan fingerprint density at radius 1 is 1.04 bits per heavy atom. The van der Waals surface area contributed by atoms with Crippen molar-refractivity contribution in [1.29, 1.82) is 0 Å². The lowest BCUT2D eigenvalue weighted by Gasteiger charge is -2.39. The molecule has 7 heteroatoms. The van der Waals surface area contributed by atoms with E-state index in [-0.39, 0.29) is 5.82 Å². The van der Waals surface area contributed by atoms with Gasteiger partial charge in [0.2, 0.25) is 0 Å². The zero-order valence-corrected chi connectivity index (χ0v) is 12.7. The normalized spacial score (nSPS) is 15.1. The molecule has 1 saturated heterocycles. The van der Waals surface area contributed by atoms with Gasteiger partial charge in [0.25, 0.3) is 0 Å². The number of nitrogens with zero attached hydrogens (tertiary/aromatic N) is 6. The van der Waals surface area contributed by atoms with Gasteiger partial charge >= 0.3 is 0 Å². The predicted octanol–water partition coefficient (Wildman–Crippen LogP) is 2.42. The number of pyridine rings is 1. The Morgan fingerprint density at radius 3 is 2.88 bits per heavy atom. The van der Waals surface area contributed by atoms with E-state index in [0.717, 1.165) is 35.8 Å². The third-order valence-electron chi connectivity index (χ3n) is 4.46. The molecular formula is C17H13FN6. The van der Waals surface area contributed by atoms with Crippen LogP contribution in [0.2, 0.25) is 0 Å². The average molecular weight is 320 g/mol. The lowest BCUT2D eigenvalue weighted by Crippen LogP contribution is -2.46. The van der Waals surface area contributed by atoms with Crippen LogP contribution in [0.15, 0.2) is 48.9 Å². The molecule has 0 spiro atoms. The molecule has 0 unspecified atom stereocenters. The van der Waals surface area contributed by atoms with Gasteiger partial charge in [0.05, 0.1) is 11.4 Å². The van der Waals surface area contributed by atoms with Crippen LogP contribution in [0.5, 0.6) is 0 Å². The minimum atomic E-state index is -0.288. The highest BCUT2D eigenvalue weighted by atomic mass is 19.1. The van der Waals surface area contributed by atoms with Gasteiger partial charge in [-0.1, -0.05) is 6.07 Å². The van der Waals surface area contributed by atoms with Crippen molar-refractivity contribution in [2.75, 3.05) is 18.0 Å². The molecule has 0 saturated carbocycles. The van der Waals surface area contributed by atoms with Crippen LogP contribution in [0, 0.1) is 5.82 Å². The van der Waals surface area contributed by atoms with Gasteiger partial charge in [-0.2, -0.15) is 0 Å². The summed E-state index contributed by atoms with van der Waals surface area (Å²) in [5, 5.41) is 9.39. The SMILES string of the molecule is Fc1ccc2c(N3CC(c4nnc5ccccn45)C3)ncnc2c1. The van der Waals surface area contributed by atoms with Crippen LogP contribution < -0.4 is 4.90 Å². The fourth-order valence-electron chi connectivity index (χ4n) is 3.22. The Morgan fingerprint density at radius 2 is 1.96 bits per heavy atom. The Bertz CT molecular complexity index is 1050. The van der Waals surface area contributed by atoms with Crippen molar-refractivity contribution in [2.24, 2.45) is 0 Å². The summed E-state index contributed by atoms with van der Waals surface area (Å²) >= 11 is 0. The molecule has 0 aliphatic carbocycles. The average Bonchev–Trinajstić information content (AvgIpc) is 2.97. The Labute approximate surface area is 136 Å². The minimum Gasteiger partial charge on any atom is -0.354 e. The van der Waals surface area contributed by atoms with Crippen molar-refractivity contribution >= 4 is 22.4 Å². The number of rotatable bonds is 2. The summed E-state index contributed by atoms with van der Waals surface area (Å²) in [6.45, 7) is 1.61. The molecule has 1 aliphatic rings. The van der Waals surface area contributed by atoms with E-state index < -0.39 is 0 Å². The maximum Gasteiger partial charge on any atom is 0.160 e. The standard InChI is InChI=1S/C17H13FN6/c18-12-4-5-13-14(7-12)19-10-20-17(13)23-8-11(9-23)16-22-21-15-3-1-2-6-24(15)16/h1-7,10-11H,8-9H2. The van der Waals surface area contributed by atoms with E-state index in [1.807, 2.05) is 28.8 Å². The van der Waals surface area contributed by atoms with Crippen molar-refractivity contribution in [3.63, 3.8) is 0 Å². The lowest BCUT2D eigenvalue weighted by molar-refractivity contribution is 0.494. The topological polar surface area (TPSA) is 59.2 Å². The molecule has 0 N–H and O–H groups in total. The molecule has 4 aromatic rings. The highest BCUT2D eigenvalue weighted by Crippen LogP contribution is 2.33. The van der Waals surface area contributed by atoms with Crippen LogP contribution in [0.4, 0.5) is 10.2 Å². The number of hydrogen-bond donors (Lipinski definition) is 0. The van der Waals surface area contributed by atoms with Crippen LogP contribution >= 0.6 is 0 Å². The van der Waals surface area contributed by atoms with E-state index in [1.165, 1.54) is 18.5 Å². The van der Waals surface area contributed by atoms with Crippen molar-refractivity contribution in [3.05, 3.63) is 60.6 Å². The van der Waals surface area contributed by atoms with Crippen molar-refractivity contribution < 1.29 is 4.39 Å². The highest BCUT2D eigenvalue weighted by Gasteiger charge is 2.33. The van der Waals surface area contributed by atoms with Crippen LogP contribution in [0.25, 0.3) is 16.6 Å². The first-order valence-corrected chi connectivity index (χ1v) is 7.74. The summed E-state index contributed by atoms with van der Waals surface area (Å²) in [6, 6.07) is 10.5. The van der Waals surface area contributed by atoms with E-state index in [0.29, 0.717) is 11.4 Å². The van der Waals surface area contributed by atoms with Crippen molar-refractivity contribution in [3.8, 4) is 0 Å². The monoisotopic (exact) mass is 320 g/mol. The maximum atomic E-state index is 13.4. The van der Waals surface area contributed by atoms with Gasteiger partial charge in [0, 0.05) is 30.7 Å². The molecule has 0 radical (unpaired) electrons. The zero-order chi connectivity index (χ0) is 16.1. The second-order valence-electron chi connectivity index (χ2n) is 5.95. The molecule has 0 bridgehead atoms. The number of aromatic nitrogens is 5. The zero-order valence-electron chi connectivity index (χ0n) is 12.7. The second-order valence-corrected chi connectivity index (χ2v) is 5.95. The predicted molar refractivity (Wildman–Crippen MR) is 87.4 cm³/mol. The first-order chi connectivity index (χ1) is 11.8. The smallest absolute Gasteiger partial charge is 0.160 e. The molecule has 118 valence electrons. The van der Waals surface area contributed by atoms with E-state index in [9.17, 15) is 4.39 Å². The van der Waals surface area contributed by atoms with Crippen molar-refractivity contribution in [2.45, 2.75) is 5.92 Å². The Kier molecular flexibility index (Phi) is 2.76. The van der Waals surface area contributed by atoms with E-state index >= 15 is 0 Å². The summed E-state index contributed by atoms with van der Waals surface area (Å²) in [5.74, 6) is 1.81. The van der Waals surface area contributed by atoms with Crippen LogP contribution in [0.1, 0.15) is 11.7 Å². The van der Waals surface area contributed by atoms with Gasteiger partial charge in [-0.3, -0.25) is 4.40 Å².